The molecule has 2 saturated heterocycles. The average molecular weight is 390 g/mol. The van der Waals surface area contributed by atoms with Crippen LogP contribution < -0.4 is 4.90 Å². The Hall–Kier alpha value is -1.99. The number of quaternary nitrogens is 1. The van der Waals surface area contributed by atoms with E-state index in [2.05, 4.69) is 7.05 Å². The van der Waals surface area contributed by atoms with Gasteiger partial charge in [0.1, 0.15) is 17.6 Å². The molecule has 6 nitrogen and oxygen atoms in total. The summed E-state index contributed by atoms with van der Waals surface area (Å²) in [6, 6.07) is 4.96. The second-order valence-electron chi connectivity index (χ2n) is 8.30. The molecular formula is C21H29FN3O3+. The van der Waals surface area contributed by atoms with Crippen LogP contribution in [0.5, 0.6) is 0 Å². The molecular weight excluding hydrogens is 361 g/mol. The van der Waals surface area contributed by atoms with E-state index in [1.807, 2.05) is 4.90 Å². The van der Waals surface area contributed by atoms with E-state index in [0.29, 0.717) is 18.7 Å². The van der Waals surface area contributed by atoms with Gasteiger partial charge in [-0.25, -0.2) is 4.39 Å². The molecule has 1 N–H and O–H groups in total. The van der Waals surface area contributed by atoms with Gasteiger partial charge in [0.05, 0.1) is 39.8 Å². The number of carbonyl (C=O) groups excluding carboxylic acids is 2. The fourth-order valence-electron chi connectivity index (χ4n) is 4.71. The van der Waals surface area contributed by atoms with Crippen LogP contribution >= 0.6 is 0 Å². The highest BCUT2D eigenvalue weighted by atomic mass is 19.1. The van der Waals surface area contributed by atoms with Crippen molar-refractivity contribution in [3.8, 4) is 0 Å². The molecule has 28 heavy (non-hydrogen) atoms. The Bertz CT molecular complexity index is 725. The maximum Gasteiger partial charge on any atom is 0.256 e. The largest absolute Gasteiger partial charge is 0.353 e. The van der Waals surface area contributed by atoms with Crippen molar-refractivity contribution in [3.63, 3.8) is 0 Å². The molecule has 1 aliphatic carbocycles. The fourth-order valence-corrected chi connectivity index (χ4v) is 4.71. The fraction of sp³-hybridized carbons (Fsp3) is 0.619. The molecule has 2 amide bonds. The molecule has 3 fully saturated rings. The lowest BCUT2D eigenvalue weighted by molar-refractivity contribution is -0.883. The first-order valence-electron chi connectivity index (χ1n) is 10.3. The lowest BCUT2D eigenvalue weighted by Crippen LogP contribution is -3.12. The van der Waals surface area contributed by atoms with E-state index in [0.717, 1.165) is 45.2 Å². The van der Waals surface area contributed by atoms with Gasteiger partial charge in [0, 0.05) is 5.56 Å². The highest BCUT2D eigenvalue weighted by molar-refractivity contribution is 5.98. The minimum Gasteiger partial charge on any atom is -0.353 e. The predicted octanol–water partition coefficient (Wildman–Crippen LogP) is 0.684. The first kappa shape index (κ1) is 19.3. The third-order valence-electron chi connectivity index (χ3n) is 6.42. The normalized spacial score (nSPS) is 25.3. The van der Waals surface area contributed by atoms with Crippen LogP contribution in [0, 0.1) is 5.82 Å². The topological polar surface area (TPSA) is 54.3 Å². The Morgan fingerprint density at radius 3 is 2.39 bits per heavy atom. The predicted molar refractivity (Wildman–Crippen MR) is 101 cm³/mol. The summed E-state index contributed by atoms with van der Waals surface area (Å²) in [6.45, 7) is 3.47. The van der Waals surface area contributed by atoms with Gasteiger partial charge in [-0.2, -0.15) is 0 Å². The Morgan fingerprint density at radius 1 is 1.11 bits per heavy atom. The van der Waals surface area contributed by atoms with Gasteiger partial charge in [-0.3, -0.25) is 14.5 Å². The summed E-state index contributed by atoms with van der Waals surface area (Å²) in [5.74, 6) is -0.642. The van der Waals surface area contributed by atoms with Gasteiger partial charge in [-0.1, -0.05) is 6.42 Å². The summed E-state index contributed by atoms with van der Waals surface area (Å²) in [5, 5.41) is 0. The van der Waals surface area contributed by atoms with Gasteiger partial charge in [-0.15, -0.1) is 0 Å². The van der Waals surface area contributed by atoms with Gasteiger partial charge in [-0.05, 0) is 49.9 Å². The summed E-state index contributed by atoms with van der Waals surface area (Å²) in [7, 11) is 2.13. The second-order valence-corrected chi connectivity index (χ2v) is 8.30. The zero-order valence-corrected chi connectivity index (χ0v) is 16.5. The molecule has 0 bridgehead atoms. The second kappa shape index (κ2) is 7.79. The standard InChI is InChI=1S/C21H28FN3O3/c1-23-11-13-24(14-12-23)20(27)18-15-28-21(9-3-2-4-10-21)25(18)19(26)16-5-7-17(22)8-6-16/h5-8,18H,2-4,9-15H2,1H3/p+1/t18-/m0/s1. The number of amides is 2. The lowest BCUT2D eigenvalue weighted by Gasteiger charge is -2.42. The molecule has 2 aliphatic heterocycles. The number of benzene rings is 1. The van der Waals surface area contributed by atoms with Crippen LogP contribution in [0.3, 0.4) is 0 Å². The minimum atomic E-state index is -0.706. The van der Waals surface area contributed by atoms with E-state index >= 15 is 0 Å². The van der Waals surface area contributed by atoms with Crippen LogP contribution in [0.1, 0.15) is 42.5 Å². The molecule has 1 atom stereocenters. The van der Waals surface area contributed by atoms with Crippen LogP contribution in [0.15, 0.2) is 24.3 Å². The zero-order valence-electron chi connectivity index (χ0n) is 16.5. The molecule has 0 aromatic heterocycles. The number of carbonyl (C=O) groups is 2. The molecule has 152 valence electrons. The van der Waals surface area contributed by atoms with Crippen LogP contribution in [0.4, 0.5) is 4.39 Å². The highest BCUT2D eigenvalue weighted by Gasteiger charge is 2.53. The Kier molecular flexibility index (Phi) is 5.38. The Balaban J connectivity index is 1.62. The summed E-state index contributed by atoms with van der Waals surface area (Å²) >= 11 is 0. The van der Waals surface area contributed by atoms with Crippen molar-refractivity contribution in [1.82, 2.24) is 9.80 Å². The van der Waals surface area contributed by atoms with Crippen molar-refractivity contribution in [2.75, 3.05) is 39.8 Å². The lowest BCUT2D eigenvalue weighted by atomic mass is 9.89. The number of halogens is 1. The minimum absolute atomic E-state index is 0.0228. The first-order chi connectivity index (χ1) is 13.5. The van der Waals surface area contributed by atoms with Gasteiger partial charge < -0.3 is 14.5 Å². The van der Waals surface area contributed by atoms with E-state index in [1.165, 1.54) is 29.2 Å². The zero-order chi connectivity index (χ0) is 19.7. The van der Waals surface area contributed by atoms with E-state index in [1.54, 1.807) is 4.90 Å². The van der Waals surface area contributed by atoms with Crippen molar-refractivity contribution in [2.45, 2.75) is 43.9 Å². The van der Waals surface area contributed by atoms with Gasteiger partial charge in [0.2, 0.25) is 5.91 Å². The van der Waals surface area contributed by atoms with E-state index < -0.39 is 11.8 Å². The number of nitrogens with zero attached hydrogens (tertiary/aromatic N) is 2. The smallest absolute Gasteiger partial charge is 0.256 e. The Morgan fingerprint density at radius 2 is 1.75 bits per heavy atom. The number of nitrogens with one attached hydrogen (secondary N) is 1. The summed E-state index contributed by atoms with van der Waals surface area (Å²) in [5.41, 5.74) is -0.306. The number of likely N-dealkylation sites (N-methyl/N-ethyl adjacent to an activating group) is 1. The Labute approximate surface area is 165 Å². The van der Waals surface area contributed by atoms with Gasteiger partial charge in [0.25, 0.3) is 5.91 Å². The van der Waals surface area contributed by atoms with Crippen LogP contribution in [-0.4, -0.2) is 73.2 Å². The van der Waals surface area contributed by atoms with E-state index in [4.69, 9.17) is 4.74 Å². The third-order valence-corrected chi connectivity index (χ3v) is 6.42. The van der Waals surface area contributed by atoms with Crippen LogP contribution in [-0.2, 0) is 9.53 Å². The quantitative estimate of drug-likeness (QED) is 0.808. The molecule has 4 rings (SSSR count). The number of ether oxygens (including phenoxy) is 1. The number of hydrogen-bond acceptors (Lipinski definition) is 3. The van der Waals surface area contributed by atoms with E-state index in [-0.39, 0.29) is 24.2 Å². The maximum absolute atomic E-state index is 13.4. The number of piperazine rings is 1. The molecule has 0 radical (unpaired) electrons. The molecule has 7 heteroatoms. The van der Waals surface area contributed by atoms with Crippen molar-refractivity contribution < 1.29 is 23.6 Å². The molecule has 3 aliphatic rings. The monoisotopic (exact) mass is 390 g/mol. The molecule has 1 aromatic rings. The summed E-state index contributed by atoms with van der Waals surface area (Å²) in [4.78, 5) is 31.7. The van der Waals surface area contributed by atoms with Crippen molar-refractivity contribution in [3.05, 3.63) is 35.6 Å². The SMILES string of the molecule is C[NH+]1CCN(C(=O)[C@@H]2COC3(CCCCC3)N2C(=O)c2ccc(F)cc2)CC1. The summed E-state index contributed by atoms with van der Waals surface area (Å²) < 4.78 is 19.5. The van der Waals surface area contributed by atoms with Crippen LogP contribution in [0.25, 0.3) is 0 Å². The number of rotatable bonds is 2. The average Bonchev–Trinajstić information content (AvgIpc) is 3.07. The molecule has 1 aromatic carbocycles. The van der Waals surface area contributed by atoms with Gasteiger partial charge >= 0.3 is 0 Å². The third kappa shape index (κ3) is 3.53. The highest BCUT2D eigenvalue weighted by Crippen LogP contribution is 2.41. The maximum atomic E-state index is 13.4. The van der Waals surface area contributed by atoms with Crippen LogP contribution in [0.2, 0.25) is 0 Å². The first-order valence-corrected chi connectivity index (χ1v) is 10.3. The molecule has 1 spiro atoms. The summed E-state index contributed by atoms with van der Waals surface area (Å²) in [6.07, 6.45) is 4.56. The number of hydrogen-bond donors (Lipinski definition) is 1. The molecule has 1 saturated carbocycles. The van der Waals surface area contributed by atoms with Crippen molar-refractivity contribution >= 4 is 11.8 Å². The van der Waals surface area contributed by atoms with Gasteiger partial charge in [0.15, 0.2) is 0 Å². The van der Waals surface area contributed by atoms with Crippen molar-refractivity contribution in [1.29, 1.82) is 0 Å². The van der Waals surface area contributed by atoms with E-state index in [9.17, 15) is 14.0 Å². The van der Waals surface area contributed by atoms with Crippen molar-refractivity contribution in [2.24, 2.45) is 0 Å². The molecule has 2 heterocycles. The molecule has 0 unspecified atom stereocenters.